The number of nitrogens with one attached hydrogen (secondary N) is 1. The lowest BCUT2D eigenvalue weighted by Crippen LogP contribution is -2.33. The van der Waals surface area contributed by atoms with Crippen molar-refractivity contribution in [2.75, 3.05) is 0 Å². The Morgan fingerprint density at radius 1 is 1.43 bits per heavy atom. The van der Waals surface area contributed by atoms with Gasteiger partial charge in [0.1, 0.15) is 0 Å². The van der Waals surface area contributed by atoms with Crippen LogP contribution in [0, 0.1) is 0 Å². The number of H-pyrrole nitrogens is 1. The van der Waals surface area contributed by atoms with E-state index in [0.29, 0.717) is 0 Å². The van der Waals surface area contributed by atoms with Crippen molar-refractivity contribution in [2.45, 2.75) is 31.2 Å². The molecule has 1 fully saturated rings. The fourth-order valence-corrected chi connectivity index (χ4v) is 2.33. The summed E-state index contributed by atoms with van der Waals surface area (Å²) in [6.07, 6.45) is 10.4. The second-order valence-electron chi connectivity index (χ2n) is 4.19. The van der Waals surface area contributed by atoms with Crippen molar-refractivity contribution in [2.24, 2.45) is 5.73 Å². The predicted octanol–water partition coefficient (Wildman–Crippen LogP) is 1.39. The molecule has 2 aromatic heterocycles. The smallest absolute Gasteiger partial charge is 0.211 e. The van der Waals surface area contributed by atoms with Crippen molar-refractivity contribution >= 4 is 5.78 Å². The molecule has 2 heterocycles. The average Bonchev–Trinajstić information content (AvgIpc) is 2.75. The summed E-state index contributed by atoms with van der Waals surface area (Å²) in [5.41, 5.74) is 7.32. The van der Waals surface area contributed by atoms with Crippen LogP contribution >= 0.6 is 0 Å². The van der Waals surface area contributed by atoms with Gasteiger partial charge in [0.25, 0.3) is 0 Å². The van der Waals surface area contributed by atoms with E-state index in [1.54, 1.807) is 6.20 Å². The monoisotopic (exact) mass is 190 g/mol. The Hall–Kier alpha value is -1.29. The lowest BCUT2D eigenvalue weighted by atomic mass is 9.96. The number of nitrogens with zero attached hydrogens (tertiary/aromatic N) is 2. The summed E-state index contributed by atoms with van der Waals surface area (Å²) >= 11 is 0. The zero-order valence-corrected chi connectivity index (χ0v) is 8.03. The topological polar surface area (TPSA) is 59.1 Å². The van der Waals surface area contributed by atoms with Gasteiger partial charge in [-0.05, 0) is 12.8 Å². The van der Waals surface area contributed by atoms with Crippen LogP contribution in [0.1, 0.15) is 31.4 Å². The lowest BCUT2D eigenvalue weighted by molar-refractivity contribution is 0.449. The first kappa shape index (κ1) is 8.05. The third kappa shape index (κ3) is 1.00. The SMILES string of the molecule is NC1(c2cn3ccnc3[nH]2)CCCC1. The number of hydrogen-bond donors (Lipinski definition) is 2. The highest BCUT2D eigenvalue weighted by molar-refractivity contribution is 5.33. The van der Waals surface area contributed by atoms with Crippen LogP contribution < -0.4 is 5.73 Å². The van der Waals surface area contributed by atoms with Crippen LogP contribution in [-0.4, -0.2) is 14.4 Å². The van der Waals surface area contributed by atoms with Crippen LogP contribution in [0.15, 0.2) is 18.6 Å². The van der Waals surface area contributed by atoms with Gasteiger partial charge in [-0.2, -0.15) is 0 Å². The molecular weight excluding hydrogens is 176 g/mol. The van der Waals surface area contributed by atoms with Gasteiger partial charge in [-0.15, -0.1) is 0 Å². The lowest BCUT2D eigenvalue weighted by Gasteiger charge is -2.21. The minimum Gasteiger partial charge on any atom is -0.326 e. The Balaban J connectivity index is 2.08. The van der Waals surface area contributed by atoms with Crippen LogP contribution in [0.25, 0.3) is 5.78 Å². The summed E-state index contributed by atoms with van der Waals surface area (Å²) in [6, 6.07) is 0. The maximum atomic E-state index is 6.33. The molecule has 0 amide bonds. The van der Waals surface area contributed by atoms with Crippen LogP contribution in [0.3, 0.4) is 0 Å². The van der Waals surface area contributed by atoms with Crippen molar-refractivity contribution in [3.63, 3.8) is 0 Å². The van der Waals surface area contributed by atoms with Gasteiger partial charge in [-0.25, -0.2) is 4.98 Å². The number of nitrogens with two attached hydrogens (primary N) is 1. The number of hydrogen-bond acceptors (Lipinski definition) is 2. The van der Waals surface area contributed by atoms with Gasteiger partial charge in [0.15, 0.2) is 0 Å². The van der Waals surface area contributed by atoms with Crippen LogP contribution in [0.2, 0.25) is 0 Å². The Morgan fingerprint density at radius 3 is 2.93 bits per heavy atom. The van der Waals surface area contributed by atoms with Crippen molar-refractivity contribution in [3.05, 3.63) is 24.3 Å². The molecule has 0 bridgehead atoms. The van der Waals surface area contributed by atoms with Crippen LogP contribution in [0.4, 0.5) is 0 Å². The Labute approximate surface area is 82.1 Å². The van der Waals surface area contributed by atoms with Crippen molar-refractivity contribution in [3.8, 4) is 0 Å². The van der Waals surface area contributed by atoms with E-state index in [2.05, 4.69) is 16.2 Å². The van der Waals surface area contributed by atoms with E-state index < -0.39 is 0 Å². The standard InChI is InChI=1S/C10H14N4/c11-10(3-1-2-4-10)8-7-14-6-5-12-9(14)13-8/h5-7H,1-4,11H2,(H,12,13). The average molecular weight is 190 g/mol. The largest absolute Gasteiger partial charge is 0.326 e. The van der Waals surface area contributed by atoms with Gasteiger partial charge in [0.05, 0.1) is 11.2 Å². The molecule has 0 atom stereocenters. The molecule has 0 aromatic carbocycles. The van der Waals surface area contributed by atoms with E-state index in [0.717, 1.165) is 24.3 Å². The second-order valence-corrected chi connectivity index (χ2v) is 4.19. The Bertz CT molecular complexity index is 419. The third-order valence-corrected chi connectivity index (χ3v) is 3.22. The van der Waals surface area contributed by atoms with E-state index in [4.69, 9.17) is 5.73 Å². The van der Waals surface area contributed by atoms with Crippen LogP contribution in [0.5, 0.6) is 0 Å². The molecule has 2 aromatic rings. The van der Waals surface area contributed by atoms with E-state index in [1.807, 2.05) is 10.6 Å². The van der Waals surface area contributed by atoms with Gasteiger partial charge < -0.3 is 10.7 Å². The first-order valence-corrected chi connectivity index (χ1v) is 5.09. The summed E-state index contributed by atoms with van der Waals surface area (Å²) in [4.78, 5) is 7.48. The molecule has 3 N–H and O–H groups in total. The summed E-state index contributed by atoms with van der Waals surface area (Å²) in [6.45, 7) is 0. The first-order chi connectivity index (χ1) is 6.78. The van der Waals surface area contributed by atoms with Crippen LogP contribution in [-0.2, 0) is 5.54 Å². The highest BCUT2D eigenvalue weighted by atomic mass is 15.1. The first-order valence-electron chi connectivity index (χ1n) is 5.09. The number of imidazole rings is 2. The quantitative estimate of drug-likeness (QED) is 0.714. The molecular formula is C10H14N4. The third-order valence-electron chi connectivity index (χ3n) is 3.22. The summed E-state index contributed by atoms with van der Waals surface area (Å²) < 4.78 is 1.99. The molecule has 0 aliphatic heterocycles. The molecule has 4 heteroatoms. The molecule has 74 valence electrons. The van der Waals surface area contributed by atoms with Crippen molar-refractivity contribution < 1.29 is 0 Å². The van der Waals surface area contributed by atoms with Gasteiger partial charge in [0.2, 0.25) is 5.78 Å². The molecule has 14 heavy (non-hydrogen) atoms. The van der Waals surface area contributed by atoms with E-state index >= 15 is 0 Å². The molecule has 0 radical (unpaired) electrons. The fourth-order valence-electron chi connectivity index (χ4n) is 2.33. The van der Waals surface area contributed by atoms with Gasteiger partial charge in [-0.1, -0.05) is 12.8 Å². The van der Waals surface area contributed by atoms with Gasteiger partial charge >= 0.3 is 0 Å². The zero-order chi connectivity index (χ0) is 9.60. The summed E-state index contributed by atoms with van der Waals surface area (Å²) in [5, 5.41) is 0. The summed E-state index contributed by atoms with van der Waals surface area (Å²) in [7, 11) is 0. The number of aromatic amines is 1. The Kier molecular flexibility index (Phi) is 1.50. The maximum Gasteiger partial charge on any atom is 0.211 e. The van der Waals surface area contributed by atoms with E-state index in [-0.39, 0.29) is 5.54 Å². The minimum absolute atomic E-state index is 0.138. The van der Waals surface area contributed by atoms with Gasteiger partial charge in [0, 0.05) is 18.6 Å². The van der Waals surface area contributed by atoms with Crippen molar-refractivity contribution in [1.82, 2.24) is 14.4 Å². The maximum absolute atomic E-state index is 6.33. The highest BCUT2D eigenvalue weighted by Gasteiger charge is 2.32. The molecule has 0 unspecified atom stereocenters. The number of fused-ring (bicyclic) bond motifs is 1. The number of rotatable bonds is 1. The highest BCUT2D eigenvalue weighted by Crippen LogP contribution is 2.35. The molecule has 0 saturated heterocycles. The fraction of sp³-hybridized carbons (Fsp3) is 0.500. The second kappa shape index (κ2) is 2.60. The molecule has 1 aliphatic carbocycles. The predicted molar refractivity (Wildman–Crippen MR) is 53.9 cm³/mol. The molecule has 1 aliphatic rings. The molecule has 4 nitrogen and oxygen atoms in total. The van der Waals surface area contributed by atoms with E-state index in [1.165, 1.54) is 12.8 Å². The minimum atomic E-state index is -0.138. The molecule has 0 spiro atoms. The van der Waals surface area contributed by atoms with E-state index in [9.17, 15) is 0 Å². The zero-order valence-electron chi connectivity index (χ0n) is 8.03. The number of aromatic nitrogens is 3. The molecule has 1 saturated carbocycles. The normalized spacial score (nSPS) is 20.6. The Morgan fingerprint density at radius 2 is 2.21 bits per heavy atom. The van der Waals surface area contributed by atoms with Gasteiger partial charge in [-0.3, -0.25) is 4.40 Å². The summed E-state index contributed by atoms with van der Waals surface area (Å²) in [5.74, 6) is 0.886. The molecule has 3 rings (SSSR count). The van der Waals surface area contributed by atoms with Crippen molar-refractivity contribution in [1.29, 1.82) is 0 Å².